The fourth-order valence-electron chi connectivity index (χ4n) is 2.58. The number of ether oxygens (including phenoxy) is 2. The van der Waals surface area contributed by atoms with E-state index in [1.54, 1.807) is 14.2 Å². The summed E-state index contributed by atoms with van der Waals surface area (Å²) in [4.78, 5) is 0. The normalized spacial score (nSPS) is 23.1. The fourth-order valence-corrected chi connectivity index (χ4v) is 2.58. The highest BCUT2D eigenvalue weighted by atomic mass is 16.5. The zero-order chi connectivity index (χ0) is 12.5. The number of methoxy groups -OCH3 is 2. The molecule has 2 rings (SSSR count). The van der Waals surface area contributed by atoms with Crippen LogP contribution in [0.5, 0.6) is 11.5 Å². The summed E-state index contributed by atoms with van der Waals surface area (Å²) in [6.07, 6.45) is 2.49. The predicted molar refractivity (Wildman–Crippen MR) is 65.4 cm³/mol. The third-order valence-electron chi connectivity index (χ3n) is 3.50. The van der Waals surface area contributed by atoms with Crippen LogP contribution < -0.4 is 15.2 Å². The Labute approximate surface area is 101 Å². The monoisotopic (exact) mass is 237 g/mol. The van der Waals surface area contributed by atoms with Crippen molar-refractivity contribution in [2.75, 3.05) is 20.8 Å². The van der Waals surface area contributed by atoms with Crippen LogP contribution in [-0.2, 0) is 12.0 Å². The van der Waals surface area contributed by atoms with Gasteiger partial charge in [0.25, 0.3) is 0 Å². The molecule has 0 bridgehead atoms. The quantitative estimate of drug-likeness (QED) is 0.828. The zero-order valence-electron chi connectivity index (χ0n) is 10.3. The lowest BCUT2D eigenvalue weighted by atomic mass is 9.78. The molecule has 4 heteroatoms. The van der Waals surface area contributed by atoms with Crippen molar-refractivity contribution in [1.29, 1.82) is 0 Å². The highest BCUT2D eigenvalue weighted by Crippen LogP contribution is 2.43. The van der Waals surface area contributed by atoms with Crippen LogP contribution in [-0.4, -0.2) is 25.9 Å². The summed E-state index contributed by atoms with van der Waals surface area (Å²) in [7, 11) is 3.23. The van der Waals surface area contributed by atoms with Gasteiger partial charge in [-0.25, -0.2) is 0 Å². The second-order valence-corrected chi connectivity index (χ2v) is 4.42. The minimum atomic E-state index is -0.923. The lowest BCUT2D eigenvalue weighted by molar-refractivity contribution is 0.0274. The van der Waals surface area contributed by atoms with Crippen LogP contribution in [0, 0.1) is 0 Å². The minimum Gasteiger partial charge on any atom is -0.493 e. The standard InChI is InChI=1S/C13H19NO3/c1-16-11-6-5-10-9(12(11)17-2)4-3-7-13(10,15)8-14/h5-6,15H,3-4,7-8,14H2,1-2H3/t13-/m0/s1. The van der Waals surface area contributed by atoms with E-state index in [4.69, 9.17) is 15.2 Å². The van der Waals surface area contributed by atoms with Crippen LogP contribution in [0.3, 0.4) is 0 Å². The van der Waals surface area contributed by atoms with Crippen molar-refractivity contribution in [3.8, 4) is 11.5 Å². The van der Waals surface area contributed by atoms with Crippen LogP contribution in [0.15, 0.2) is 12.1 Å². The van der Waals surface area contributed by atoms with E-state index < -0.39 is 5.60 Å². The molecule has 0 radical (unpaired) electrons. The summed E-state index contributed by atoms with van der Waals surface area (Å²) in [5.41, 5.74) is 6.67. The maximum absolute atomic E-state index is 10.5. The maximum Gasteiger partial charge on any atom is 0.164 e. The average molecular weight is 237 g/mol. The van der Waals surface area contributed by atoms with E-state index in [1.165, 1.54) is 0 Å². The molecule has 0 spiro atoms. The van der Waals surface area contributed by atoms with Gasteiger partial charge < -0.3 is 20.3 Å². The summed E-state index contributed by atoms with van der Waals surface area (Å²) in [5.74, 6) is 1.42. The Balaban J connectivity index is 2.59. The van der Waals surface area contributed by atoms with Gasteiger partial charge in [0.15, 0.2) is 11.5 Å². The molecule has 1 aliphatic carbocycles. The molecule has 0 fully saturated rings. The Kier molecular flexibility index (Phi) is 3.26. The molecule has 0 saturated heterocycles. The number of hydrogen-bond acceptors (Lipinski definition) is 4. The van der Waals surface area contributed by atoms with Gasteiger partial charge in [0.2, 0.25) is 0 Å². The molecule has 0 aromatic heterocycles. The molecule has 0 heterocycles. The lowest BCUT2D eigenvalue weighted by Gasteiger charge is -2.34. The van der Waals surface area contributed by atoms with E-state index in [0.29, 0.717) is 12.2 Å². The third kappa shape index (κ3) is 1.87. The van der Waals surface area contributed by atoms with Crippen LogP contribution in [0.25, 0.3) is 0 Å². The van der Waals surface area contributed by atoms with Gasteiger partial charge in [-0.2, -0.15) is 0 Å². The Morgan fingerprint density at radius 1 is 1.35 bits per heavy atom. The van der Waals surface area contributed by atoms with Gasteiger partial charge in [-0.15, -0.1) is 0 Å². The Bertz CT molecular complexity index is 419. The molecule has 1 aromatic carbocycles. The number of nitrogens with two attached hydrogens (primary N) is 1. The van der Waals surface area contributed by atoms with Gasteiger partial charge in [0, 0.05) is 12.1 Å². The molecule has 4 nitrogen and oxygen atoms in total. The molecular weight excluding hydrogens is 218 g/mol. The first kappa shape index (κ1) is 12.2. The Morgan fingerprint density at radius 2 is 2.12 bits per heavy atom. The smallest absolute Gasteiger partial charge is 0.164 e. The SMILES string of the molecule is COc1ccc2c(c1OC)CCC[C@]2(O)CN. The van der Waals surface area contributed by atoms with Crippen molar-refractivity contribution < 1.29 is 14.6 Å². The van der Waals surface area contributed by atoms with Crippen molar-refractivity contribution >= 4 is 0 Å². The predicted octanol–water partition coefficient (Wildman–Crippen LogP) is 1.19. The van der Waals surface area contributed by atoms with E-state index in [-0.39, 0.29) is 6.54 Å². The van der Waals surface area contributed by atoms with Gasteiger partial charge in [-0.3, -0.25) is 0 Å². The van der Waals surface area contributed by atoms with Crippen LogP contribution in [0.4, 0.5) is 0 Å². The van der Waals surface area contributed by atoms with Crippen molar-refractivity contribution in [1.82, 2.24) is 0 Å². The van der Waals surface area contributed by atoms with Crippen molar-refractivity contribution in [2.24, 2.45) is 5.73 Å². The number of fused-ring (bicyclic) bond motifs is 1. The second kappa shape index (κ2) is 4.55. The minimum absolute atomic E-state index is 0.232. The molecule has 0 unspecified atom stereocenters. The first-order valence-corrected chi connectivity index (χ1v) is 5.83. The topological polar surface area (TPSA) is 64.7 Å². The van der Waals surface area contributed by atoms with Crippen LogP contribution in [0.1, 0.15) is 24.0 Å². The van der Waals surface area contributed by atoms with E-state index in [0.717, 1.165) is 29.7 Å². The average Bonchev–Trinajstić information content (AvgIpc) is 2.37. The molecule has 0 aliphatic heterocycles. The lowest BCUT2D eigenvalue weighted by Crippen LogP contribution is -2.38. The third-order valence-corrected chi connectivity index (χ3v) is 3.50. The summed E-state index contributed by atoms with van der Waals surface area (Å²) >= 11 is 0. The van der Waals surface area contributed by atoms with Crippen LogP contribution >= 0.6 is 0 Å². The molecule has 1 aliphatic rings. The summed E-state index contributed by atoms with van der Waals surface area (Å²) in [5, 5.41) is 10.5. The largest absolute Gasteiger partial charge is 0.493 e. The van der Waals surface area contributed by atoms with Crippen LogP contribution in [0.2, 0.25) is 0 Å². The number of aliphatic hydroxyl groups is 1. The highest BCUT2D eigenvalue weighted by molar-refractivity contribution is 5.53. The summed E-state index contributed by atoms with van der Waals surface area (Å²) in [6, 6.07) is 3.71. The Hall–Kier alpha value is -1.26. The van der Waals surface area contributed by atoms with Crippen molar-refractivity contribution in [3.63, 3.8) is 0 Å². The van der Waals surface area contributed by atoms with E-state index in [2.05, 4.69) is 0 Å². The van der Waals surface area contributed by atoms with Crippen molar-refractivity contribution in [2.45, 2.75) is 24.9 Å². The Morgan fingerprint density at radius 3 is 2.71 bits per heavy atom. The van der Waals surface area contributed by atoms with Gasteiger partial charge in [-0.05, 0) is 30.9 Å². The first-order chi connectivity index (χ1) is 8.16. The van der Waals surface area contributed by atoms with E-state index in [1.807, 2.05) is 12.1 Å². The zero-order valence-corrected chi connectivity index (χ0v) is 10.3. The van der Waals surface area contributed by atoms with Gasteiger partial charge in [0.1, 0.15) is 5.60 Å². The van der Waals surface area contributed by atoms with E-state index in [9.17, 15) is 5.11 Å². The van der Waals surface area contributed by atoms with Crippen molar-refractivity contribution in [3.05, 3.63) is 23.3 Å². The van der Waals surface area contributed by atoms with E-state index >= 15 is 0 Å². The maximum atomic E-state index is 10.5. The molecule has 0 saturated carbocycles. The summed E-state index contributed by atoms with van der Waals surface area (Å²) < 4.78 is 10.7. The number of hydrogen-bond donors (Lipinski definition) is 2. The molecule has 1 aromatic rings. The number of benzene rings is 1. The molecule has 1 atom stereocenters. The molecule has 0 amide bonds. The molecular formula is C13H19NO3. The molecule has 17 heavy (non-hydrogen) atoms. The highest BCUT2D eigenvalue weighted by Gasteiger charge is 2.35. The van der Waals surface area contributed by atoms with Gasteiger partial charge in [0.05, 0.1) is 14.2 Å². The number of rotatable bonds is 3. The van der Waals surface area contributed by atoms with Gasteiger partial charge >= 0.3 is 0 Å². The second-order valence-electron chi connectivity index (χ2n) is 4.42. The molecule has 94 valence electrons. The molecule has 3 N–H and O–H groups in total. The fraction of sp³-hybridized carbons (Fsp3) is 0.538. The van der Waals surface area contributed by atoms with Gasteiger partial charge in [-0.1, -0.05) is 6.07 Å². The summed E-state index contributed by atoms with van der Waals surface area (Å²) in [6.45, 7) is 0.232. The first-order valence-electron chi connectivity index (χ1n) is 5.83.